The molecule has 3 aromatic carbocycles. The lowest BCUT2D eigenvalue weighted by atomic mass is 9.96. The monoisotopic (exact) mass is 559 g/mol. The third-order valence-electron chi connectivity index (χ3n) is 7.47. The number of aromatic nitrogens is 1. The van der Waals surface area contributed by atoms with Gasteiger partial charge in [-0.15, -0.1) is 0 Å². The van der Waals surface area contributed by atoms with Crippen LogP contribution in [0.1, 0.15) is 51.8 Å². The van der Waals surface area contributed by atoms with Gasteiger partial charge in [-0.2, -0.15) is 0 Å². The second-order valence-electron chi connectivity index (χ2n) is 10.3. The highest BCUT2D eigenvalue weighted by atomic mass is 16.5. The van der Waals surface area contributed by atoms with E-state index in [0.717, 1.165) is 51.1 Å². The number of piperazine rings is 1. The maximum absolute atomic E-state index is 12.4. The molecule has 0 atom stereocenters. The van der Waals surface area contributed by atoms with Gasteiger partial charge < -0.3 is 14.4 Å². The number of ether oxygens (including phenoxy) is 2. The van der Waals surface area contributed by atoms with Crippen molar-refractivity contribution in [2.45, 2.75) is 25.5 Å². The average Bonchev–Trinajstić information content (AvgIpc) is 3.06. The molecule has 0 aliphatic carbocycles. The third kappa shape index (κ3) is 7.85. The van der Waals surface area contributed by atoms with Crippen molar-refractivity contribution >= 4 is 5.97 Å². The molecule has 214 valence electrons. The molecule has 0 N–H and O–H groups in total. The van der Waals surface area contributed by atoms with E-state index in [2.05, 4.69) is 87.3 Å². The van der Waals surface area contributed by atoms with E-state index in [1.807, 2.05) is 30.3 Å². The van der Waals surface area contributed by atoms with Crippen molar-refractivity contribution in [2.24, 2.45) is 0 Å². The van der Waals surface area contributed by atoms with Gasteiger partial charge in [-0.3, -0.25) is 4.90 Å². The molecule has 5 rings (SSSR count). The molecule has 0 unspecified atom stereocenters. The predicted molar refractivity (Wildman–Crippen MR) is 165 cm³/mol. The number of hydrogen-bond donors (Lipinski definition) is 0. The Morgan fingerprint density at radius 2 is 1.45 bits per heavy atom. The van der Waals surface area contributed by atoms with Gasteiger partial charge in [-0.1, -0.05) is 96.9 Å². The van der Waals surface area contributed by atoms with E-state index in [-0.39, 0.29) is 11.7 Å². The zero-order chi connectivity index (χ0) is 29.0. The van der Waals surface area contributed by atoms with Crippen LogP contribution in [-0.4, -0.2) is 60.6 Å². The van der Waals surface area contributed by atoms with Crippen molar-refractivity contribution < 1.29 is 14.3 Å². The largest absolute Gasteiger partial charge is 0.486 e. The van der Waals surface area contributed by atoms with E-state index in [4.69, 9.17) is 9.47 Å². The molecule has 1 aromatic heterocycles. The van der Waals surface area contributed by atoms with Crippen molar-refractivity contribution in [2.75, 3.05) is 39.8 Å². The number of benzene rings is 3. The Kier molecular flexibility index (Phi) is 10.4. The van der Waals surface area contributed by atoms with E-state index >= 15 is 0 Å². The maximum atomic E-state index is 12.4. The van der Waals surface area contributed by atoms with Gasteiger partial charge >= 0.3 is 5.97 Å². The highest BCUT2D eigenvalue weighted by Crippen LogP contribution is 2.29. The first-order valence-corrected chi connectivity index (χ1v) is 14.5. The van der Waals surface area contributed by atoms with E-state index in [0.29, 0.717) is 18.1 Å². The minimum absolute atomic E-state index is 0.141. The zero-order valence-corrected chi connectivity index (χ0v) is 24.1. The molecule has 4 aromatic rings. The Morgan fingerprint density at radius 1 is 0.833 bits per heavy atom. The molecule has 6 nitrogen and oxygen atoms in total. The number of methoxy groups -OCH3 is 1. The predicted octanol–water partition coefficient (Wildman–Crippen LogP) is 5.99. The number of unbranched alkanes of at least 4 members (excludes halogenated alkanes) is 1. The van der Waals surface area contributed by atoms with Gasteiger partial charge in [0.2, 0.25) is 0 Å². The molecule has 0 radical (unpaired) electrons. The van der Waals surface area contributed by atoms with Gasteiger partial charge in [0.05, 0.1) is 13.2 Å². The number of carbonyl (C=O) groups is 1. The molecule has 1 saturated heterocycles. The van der Waals surface area contributed by atoms with Crippen molar-refractivity contribution in [3.63, 3.8) is 0 Å². The molecule has 42 heavy (non-hydrogen) atoms. The molecule has 0 spiro atoms. The second kappa shape index (κ2) is 15.0. The molecule has 1 aliphatic heterocycles. The first-order chi connectivity index (χ1) is 20.7. The molecule has 0 saturated carbocycles. The number of rotatable bonds is 10. The first-order valence-electron chi connectivity index (χ1n) is 14.5. The van der Waals surface area contributed by atoms with Crippen molar-refractivity contribution in [1.29, 1.82) is 0 Å². The summed E-state index contributed by atoms with van der Waals surface area (Å²) in [7, 11) is 1.34. The van der Waals surface area contributed by atoms with E-state index in [1.54, 1.807) is 12.1 Å². The quantitative estimate of drug-likeness (QED) is 0.135. The number of nitrogens with zero attached hydrogens (tertiary/aromatic N) is 3. The van der Waals surface area contributed by atoms with E-state index in [9.17, 15) is 4.79 Å². The van der Waals surface area contributed by atoms with Gasteiger partial charge in [0.15, 0.2) is 11.4 Å². The summed E-state index contributed by atoms with van der Waals surface area (Å²) in [4.78, 5) is 21.9. The van der Waals surface area contributed by atoms with Crippen LogP contribution < -0.4 is 4.74 Å². The molecule has 1 fully saturated rings. The average molecular weight is 560 g/mol. The summed E-state index contributed by atoms with van der Waals surface area (Å²) in [5.74, 6) is 6.19. The number of esters is 1. The van der Waals surface area contributed by atoms with Gasteiger partial charge in [0.25, 0.3) is 0 Å². The summed E-state index contributed by atoms with van der Waals surface area (Å²) < 4.78 is 10.8. The summed E-state index contributed by atoms with van der Waals surface area (Å²) in [6, 6.07) is 35.2. The molecular weight excluding hydrogens is 522 g/mol. The molecule has 0 bridgehead atoms. The first kappa shape index (κ1) is 29.1. The van der Waals surface area contributed by atoms with Crippen LogP contribution in [0.3, 0.4) is 0 Å². The van der Waals surface area contributed by atoms with Crippen molar-refractivity contribution in [3.8, 4) is 17.6 Å². The van der Waals surface area contributed by atoms with Crippen molar-refractivity contribution in [3.05, 3.63) is 131 Å². The van der Waals surface area contributed by atoms with Crippen molar-refractivity contribution in [1.82, 2.24) is 14.8 Å². The Bertz CT molecular complexity index is 1440. The van der Waals surface area contributed by atoms with Crippen LogP contribution in [0.2, 0.25) is 0 Å². The third-order valence-corrected chi connectivity index (χ3v) is 7.47. The fourth-order valence-corrected chi connectivity index (χ4v) is 5.28. The summed E-state index contributed by atoms with van der Waals surface area (Å²) in [5.41, 5.74) is 4.36. The fourth-order valence-electron chi connectivity index (χ4n) is 5.28. The summed E-state index contributed by atoms with van der Waals surface area (Å²) in [5, 5.41) is 0. The maximum Gasteiger partial charge on any atom is 0.360 e. The smallest absolute Gasteiger partial charge is 0.360 e. The lowest BCUT2D eigenvalue weighted by Gasteiger charge is -2.39. The molecule has 2 heterocycles. The van der Waals surface area contributed by atoms with Crippen LogP contribution >= 0.6 is 0 Å². The van der Waals surface area contributed by atoms with Gasteiger partial charge in [0.1, 0.15) is 12.3 Å². The second-order valence-corrected chi connectivity index (χ2v) is 10.3. The minimum Gasteiger partial charge on any atom is -0.486 e. The molecule has 0 amide bonds. The Hall–Kier alpha value is -4.44. The van der Waals surface area contributed by atoms with Crippen LogP contribution in [-0.2, 0) is 11.3 Å². The van der Waals surface area contributed by atoms with E-state index in [1.165, 1.54) is 18.2 Å². The number of carbonyl (C=O) groups excluding carboxylic acids is 1. The SMILES string of the molecule is COC(=O)c1nc(C#CCCCN2CCN(C(c3ccccc3)c3ccccc3)CC2)ccc1OCc1ccccc1. The van der Waals surface area contributed by atoms with Crippen LogP contribution in [0.25, 0.3) is 0 Å². The highest BCUT2D eigenvalue weighted by Gasteiger charge is 2.26. The van der Waals surface area contributed by atoms with Gasteiger partial charge in [0, 0.05) is 32.6 Å². The number of pyridine rings is 1. The van der Waals surface area contributed by atoms with Crippen LogP contribution in [0.15, 0.2) is 103 Å². The van der Waals surface area contributed by atoms with Gasteiger partial charge in [-0.05, 0) is 47.7 Å². The Labute approximate surface area is 248 Å². The molecule has 1 aliphatic rings. The highest BCUT2D eigenvalue weighted by molar-refractivity contribution is 5.90. The van der Waals surface area contributed by atoms with Gasteiger partial charge in [-0.25, -0.2) is 9.78 Å². The van der Waals surface area contributed by atoms with Crippen LogP contribution in [0, 0.1) is 11.8 Å². The lowest BCUT2D eigenvalue weighted by Crippen LogP contribution is -2.48. The van der Waals surface area contributed by atoms with E-state index < -0.39 is 5.97 Å². The fraction of sp³-hybridized carbons (Fsp3) is 0.278. The van der Waals surface area contributed by atoms with Crippen LogP contribution in [0.4, 0.5) is 0 Å². The number of hydrogen-bond acceptors (Lipinski definition) is 6. The Balaban J connectivity index is 1.12. The normalized spacial score (nSPS) is 13.8. The molecular formula is C36H37N3O3. The standard InChI is InChI=1S/C36H37N3O3/c1-41-36(40)34-33(42-28-29-14-6-2-7-15-29)22-21-32(37-34)20-12-5-13-23-38-24-26-39(27-25-38)35(30-16-8-3-9-17-30)31-18-10-4-11-19-31/h2-4,6-11,14-19,21-22,35H,5,13,23-28H2,1H3. The van der Waals surface area contributed by atoms with Crippen LogP contribution in [0.5, 0.6) is 5.75 Å². The Morgan fingerprint density at radius 3 is 2.07 bits per heavy atom. The summed E-state index contributed by atoms with van der Waals surface area (Å²) in [6.07, 6.45) is 1.74. The molecule has 6 heteroatoms. The topological polar surface area (TPSA) is 54.9 Å². The minimum atomic E-state index is -0.539. The lowest BCUT2D eigenvalue weighted by molar-refractivity contribution is 0.0588. The summed E-state index contributed by atoms with van der Waals surface area (Å²) in [6.45, 7) is 5.48. The summed E-state index contributed by atoms with van der Waals surface area (Å²) >= 11 is 0. The zero-order valence-electron chi connectivity index (χ0n) is 24.1.